The van der Waals surface area contributed by atoms with Gasteiger partial charge in [0.05, 0.1) is 32.1 Å². The van der Waals surface area contributed by atoms with Gasteiger partial charge in [-0.2, -0.15) is 0 Å². The minimum Gasteiger partial charge on any atom is -0.383 e. The highest BCUT2D eigenvalue weighted by molar-refractivity contribution is 5.40. The SMILES string of the molecule is COCCN1CCO[C@H](c2cc(N3CCOCC3)nc(C)n2)C1. The zero-order valence-electron chi connectivity index (χ0n) is 14.0. The first-order chi connectivity index (χ1) is 11.3. The van der Waals surface area contributed by atoms with Crippen LogP contribution in [-0.4, -0.2) is 81.1 Å². The molecule has 0 radical (unpaired) electrons. The summed E-state index contributed by atoms with van der Waals surface area (Å²) in [5.41, 5.74) is 0.973. The molecule has 2 aliphatic heterocycles. The summed E-state index contributed by atoms with van der Waals surface area (Å²) in [6, 6.07) is 2.07. The molecule has 1 atom stereocenters. The van der Waals surface area contributed by atoms with Gasteiger partial charge in [0.1, 0.15) is 17.7 Å². The van der Waals surface area contributed by atoms with E-state index >= 15 is 0 Å². The Kier molecular flexibility index (Phi) is 5.77. The summed E-state index contributed by atoms with van der Waals surface area (Å²) in [6.45, 7) is 9.40. The van der Waals surface area contributed by atoms with Gasteiger partial charge in [0.15, 0.2) is 0 Å². The monoisotopic (exact) mass is 322 g/mol. The first kappa shape index (κ1) is 16.6. The Labute approximate surface area is 137 Å². The van der Waals surface area contributed by atoms with Crippen molar-refractivity contribution in [1.29, 1.82) is 0 Å². The fourth-order valence-electron chi connectivity index (χ4n) is 3.00. The van der Waals surface area contributed by atoms with E-state index in [-0.39, 0.29) is 6.10 Å². The van der Waals surface area contributed by atoms with Crippen molar-refractivity contribution in [2.45, 2.75) is 13.0 Å². The second-order valence-electron chi connectivity index (χ2n) is 5.95. The molecule has 23 heavy (non-hydrogen) atoms. The minimum absolute atomic E-state index is 0.00194. The highest BCUT2D eigenvalue weighted by Gasteiger charge is 2.24. The molecule has 0 spiro atoms. The molecular weight excluding hydrogens is 296 g/mol. The number of nitrogens with zero attached hydrogens (tertiary/aromatic N) is 4. The Hall–Kier alpha value is -1.28. The van der Waals surface area contributed by atoms with E-state index in [4.69, 9.17) is 14.2 Å². The molecule has 0 aliphatic carbocycles. The van der Waals surface area contributed by atoms with Crippen LogP contribution in [0.4, 0.5) is 5.82 Å². The summed E-state index contributed by atoms with van der Waals surface area (Å²) < 4.78 is 16.6. The largest absolute Gasteiger partial charge is 0.383 e. The van der Waals surface area contributed by atoms with Gasteiger partial charge in [-0.25, -0.2) is 9.97 Å². The van der Waals surface area contributed by atoms with Crippen LogP contribution in [0, 0.1) is 6.92 Å². The van der Waals surface area contributed by atoms with Gasteiger partial charge in [-0.1, -0.05) is 0 Å². The lowest BCUT2D eigenvalue weighted by atomic mass is 10.2. The van der Waals surface area contributed by atoms with E-state index < -0.39 is 0 Å². The third-order valence-electron chi connectivity index (χ3n) is 4.27. The number of aromatic nitrogens is 2. The molecule has 7 heteroatoms. The van der Waals surface area contributed by atoms with Crippen molar-refractivity contribution < 1.29 is 14.2 Å². The topological polar surface area (TPSA) is 60.0 Å². The van der Waals surface area contributed by atoms with Crippen LogP contribution in [0.15, 0.2) is 6.07 Å². The molecule has 3 heterocycles. The van der Waals surface area contributed by atoms with Crippen molar-refractivity contribution in [2.75, 3.05) is 71.2 Å². The van der Waals surface area contributed by atoms with Gasteiger partial charge in [0, 0.05) is 45.9 Å². The third-order valence-corrected chi connectivity index (χ3v) is 4.27. The van der Waals surface area contributed by atoms with Gasteiger partial charge in [0.2, 0.25) is 0 Å². The van der Waals surface area contributed by atoms with Crippen LogP contribution in [0.3, 0.4) is 0 Å². The van der Waals surface area contributed by atoms with Crippen molar-refractivity contribution in [3.8, 4) is 0 Å². The zero-order valence-corrected chi connectivity index (χ0v) is 14.0. The Morgan fingerprint density at radius 3 is 2.83 bits per heavy atom. The second-order valence-corrected chi connectivity index (χ2v) is 5.95. The first-order valence-corrected chi connectivity index (χ1v) is 8.27. The normalized spacial score (nSPS) is 23.2. The Bertz CT molecular complexity index is 508. The van der Waals surface area contributed by atoms with Crippen LogP contribution in [0.2, 0.25) is 0 Å². The van der Waals surface area contributed by atoms with E-state index in [9.17, 15) is 0 Å². The maximum atomic E-state index is 5.96. The average Bonchev–Trinajstić information content (AvgIpc) is 2.60. The molecule has 7 nitrogen and oxygen atoms in total. The first-order valence-electron chi connectivity index (χ1n) is 8.27. The van der Waals surface area contributed by atoms with Crippen molar-refractivity contribution in [3.63, 3.8) is 0 Å². The van der Waals surface area contributed by atoms with Crippen molar-refractivity contribution in [1.82, 2.24) is 14.9 Å². The van der Waals surface area contributed by atoms with E-state index in [1.54, 1.807) is 7.11 Å². The van der Waals surface area contributed by atoms with Gasteiger partial charge in [-0.05, 0) is 6.92 Å². The van der Waals surface area contributed by atoms with E-state index in [2.05, 4.69) is 25.8 Å². The Morgan fingerprint density at radius 1 is 1.22 bits per heavy atom. The summed E-state index contributed by atoms with van der Waals surface area (Å²) in [6.07, 6.45) is 0.00194. The zero-order chi connectivity index (χ0) is 16.1. The summed E-state index contributed by atoms with van der Waals surface area (Å²) in [4.78, 5) is 13.8. The Balaban J connectivity index is 1.72. The van der Waals surface area contributed by atoms with Gasteiger partial charge in [0.25, 0.3) is 0 Å². The molecule has 2 saturated heterocycles. The van der Waals surface area contributed by atoms with E-state index in [0.29, 0.717) is 0 Å². The maximum absolute atomic E-state index is 5.96. The highest BCUT2D eigenvalue weighted by Crippen LogP contribution is 2.24. The standard InChI is InChI=1S/C16H26N4O3/c1-13-17-14(11-16(18-13)20-5-8-22-9-6-20)15-12-19(3-7-21-2)4-10-23-15/h11,15H,3-10,12H2,1-2H3/t15-/m0/s1. The molecular formula is C16H26N4O3. The van der Waals surface area contributed by atoms with Crippen molar-refractivity contribution >= 4 is 5.82 Å². The minimum atomic E-state index is 0.00194. The molecule has 1 aromatic rings. The van der Waals surface area contributed by atoms with Gasteiger partial charge in [-0.3, -0.25) is 4.90 Å². The number of ether oxygens (including phenoxy) is 3. The molecule has 1 aromatic heterocycles. The summed E-state index contributed by atoms with van der Waals surface area (Å²) in [5, 5.41) is 0. The smallest absolute Gasteiger partial charge is 0.132 e. The van der Waals surface area contributed by atoms with Gasteiger partial charge in [-0.15, -0.1) is 0 Å². The molecule has 128 valence electrons. The molecule has 3 rings (SSSR count). The summed E-state index contributed by atoms with van der Waals surface area (Å²) >= 11 is 0. The van der Waals surface area contributed by atoms with Crippen LogP contribution < -0.4 is 4.90 Å². The number of morpholine rings is 2. The lowest BCUT2D eigenvalue weighted by Gasteiger charge is -2.33. The van der Waals surface area contributed by atoms with Crippen molar-refractivity contribution in [2.24, 2.45) is 0 Å². The van der Waals surface area contributed by atoms with Crippen LogP contribution in [0.1, 0.15) is 17.6 Å². The number of hydrogen-bond acceptors (Lipinski definition) is 7. The fraction of sp³-hybridized carbons (Fsp3) is 0.750. The predicted octanol–water partition coefficient (Wildman–Crippen LogP) is 0.641. The molecule has 0 amide bonds. The van der Waals surface area contributed by atoms with Gasteiger partial charge < -0.3 is 19.1 Å². The molecule has 0 N–H and O–H groups in total. The molecule has 2 aliphatic rings. The Morgan fingerprint density at radius 2 is 2.04 bits per heavy atom. The van der Waals surface area contributed by atoms with E-state index in [1.807, 2.05) is 6.92 Å². The van der Waals surface area contributed by atoms with Crippen LogP contribution >= 0.6 is 0 Å². The third kappa shape index (κ3) is 4.38. The number of aryl methyl sites for hydroxylation is 1. The molecule has 0 unspecified atom stereocenters. The molecule has 0 aromatic carbocycles. The van der Waals surface area contributed by atoms with Crippen LogP contribution in [0.25, 0.3) is 0 Å². The number of rotatable bonds is 5. The summed E-state index contributed by atoms with van der Waals surface area (Å²) in [7, 11) is 1.74. The predicted molar refractivity (Wildman–Crippen MR) is 86.8 cm³/mol. The molecule has 0 bridgehead atoms. The van der Waals surface area contributed by atoms with Gasteiger partial charge >= 0.3 is 0 Å². The second kappa shape index (κ2) is 8.01. The fourth-order valence-corrected chi connectivity index (χ4v) is 3.00. The lowest BCUT2D eigenvalue weighted by molar-refractivity contribution is -0.0376. The van der Waals surface area contributed by atoms with Crippen molar-refractivity contribution in [3.05, 3.63) is 17.6 Å². The highest BCUT2D eigenvalue weighted by atomic mass is 16.5. The maximum Gasteiger partial charge on any atom is 0.132 e. The van der Waals surface area contributed by atoms with Crippen LogP contribution in [0.5, 0.6) is 0 Å². The summed E-state index contributed by atoms with van der Waals surface area (Å²) in [5.74, 6) is 1.77. The number of hydrogen-bond donors (Lipinski definition) is 0. The molecule has 0 saturated carbocycles. The molecule has 2 fully saturated rings. The average molecular weight is 322 g/mol. The van der Waals surface area contributed by atoms with Crippen LogP contribution in [-0.2, 0) is 14.2 Å². The quantitative estimate of drug-likeness (QED) is 0.788. The van der Waals surface area contributed by atoms with E-state index in [0.717, 1.165) is 76.5 Å². The number of anilines is 1. The van der Waals surface area contributed by atoms with E-state index in [1.165, 1.54) is 0 Å². The number of methoxy groups -OCH3 is 1. The lowest BCUT2D eigenvalue weighted by Crippen LogP contribution is -2.40.